The van der Waals surface area contributed by atoms with Gasteiger partial charge in [-0.05, 0) is 61.7 Å². The molecule has 0 saturated carbocycles. The molecule has 0 radical (unpaired) electrons. The van der Waals surface area contributed by atoms with Crippen molar-refractivity contribution in [2.24, 2.45) is 0 Å². The molecule has 0 aromatic heterocycles. The van der Waals surface area contributed by atoms with Crippen molar-refractivity contribution < 1.29 is 19.0 Å². The van der Waals surface area contributed by atoms with Crippen molar-refractivity contribution >= 4 is 12.0 Å². The number of hydrogen-bond acceptors (Lipinski definition) is 4. The van der Waals surface area contributed by atoms with E-state index in [1.165, 1.54) is 6.08 Å². The van der Waals surface area contributed by atoms with E-state index in [0.29, 0.717) is 12.4 Å². The molecule has 0 saturated heterocycles. The number of aryl methyl sites for hydroxylation is 2. The molecule has 0 amide bonds. The van der Waals surface area contributed by atoms with Crippen LogP contribution in [0.5, 0.6) is 17.2 Å². The fourth-order valence-electron chi connectivity index (χ4n) is 2.25. The lowest BCUT2D eigenvalue weighted by Crippen LogP contribution is -1.98. The molecule has 0 bridgehead atoms. The van der Waals surface area contributed by atoms with E-state index in [4.69, 9.17) is 14.2 Å². The minimum absolute atomic E-state index is 0.344. The van der Waals surface area contributed by atoms with Crippen LogP contribution in [0.3, 0.4) is 0 Å². The largest absolute Gasteiger partial charge is 0.496 e. The Morgan fingerprint density at radius 1 is 1.04 bits per heavy atom. The Bertz CT molecular complexity index is 747. The number of carbonyl (C=O) groups is 1. The van der Waals surface area contributed by atoms with Gasteiger partial charge in [0, 0.05) is 12.1 Å². The zero-order valence-corrected chi connectivity index (χ0v) is 14.5. The minimum atomic E-state index is -0.344. The second-order valence-corrected chi connectivity index (χ2v) is 5.34. The van der Waals surface area contributed by atoms with E-state index >= 15 is 0 Å². The first-order chi connectivity index (χ1) is 11.5. The summed E-state index contributed by atoms with van der Waals surface area (Å²) >= 11 is 0. The number of rotatable bonds is 6. The van der Waals surface area contributed by atoms with Crippen molar-refractivity contribution in [3.8, 4) is 17.2 Å². The summed E-state index contributed by atoms with van der Waals surface area (Å²) in [6.07, 6.45) is 3.17. The summed E-state index contributed by atoms with van der Waals surface area (Å²) in [7, 11) is 1.64. The predicted octanol–water partition coefficient (Wildman–Crippen LogP) is 4.68. The number of esters is 1. The van der Waals surface area contributed by atoms with Gasteiger partial charge in [0.1, 0.15) is 17.2 Å². The maximum absolute atomic E-state index is 11.4. The molecule has 0 aliphatic carbocycles. The molecule has 0 fully saturated rings. The van der Waals surface area contributed by atoms with Crippen LogP contribution < -0.4 is 9.47 Å². The molecule has 24 heavy (non-hydrogen) atoms. The van der Waals surface area contributed by atoms with Crippen molar-refractivity contribution in [1.82, 2.24) is 0 Å². The van der Waals surface area contributed by atoms with Gasteiger partial charge in [-0.25, -0.2) is 4.79 Å². The van der Waals surface area contributed by atoms with Gasteiger partial charge in [-0.2, -0.15) is 0 Å². The summed E-state index contributed by atoms with van der Waals surface area (Å²) in [5.74, 6) is 1.89. The lowest BCUT2D eigenvalue weighted by molar-refractivity contribution is -0.137. The topological polar surface area (TPSA) is 44.8 Å². The fourth-order valence-corrected chi connectivity index (χ4v) is 2.25. The van der Waals surface area contributed by atoms with Gasteiger partial charge in [-0.1, -0.05) is 12.1 Å². The molecule has 2 rings (SSSR count). The van der Waals surface area contributed by atoms with Gasteiger partial charge < -0.3 is 14.2 Å². The molecule has 0 spiro atoms. The molecule has 2 aromatic rings. The van der Waals surface area contributed by atoms with Gasteiger partial charge in [0.05, 0.1) is 13.7 Å². The molecule has 0 heterocycles. The van der Waals surface area contributed by atoms with Gasteiger partial charge in [-0.15, -0.1) is 0 Å². The van der Waals surface area contributed by atoms with Crippen LogP contribution in [-0.2, 0) is 9.53 Å². The SMILES string of the molecule is CCOC(=O)C=Cc1ccc(Oc2ccc(C)c(OC)c2)cc1C. The van der Waals surface area contributed by atoms with Crippen LogP contribution in [0.4, 0.5) is 0 Å². The Hall–Kier alpha value is -2.75. The third-order valence-corrected chi connectivity index (χ3v) is 3.54. The Kier molecular flexibility index (Phi) is 6.01. The molecule has 0 unspecified atom stereocenters. The van der Waals surface area contributed by atoms with Crippen LogP contribution in [0.25, 0.3) is 6.08 Å². The quantitative estimate of drug-likeness (QED) is 0.571. The zero-order valence-electron chi connectivity index (χ0n) is 14.5. The van der Waals surface area contributed by atoms with E-state index in [1.54, 1.807) is 20.1 Å². The molecule has 2 aromatic carbocycles. The van der Waals surface area contributed by atoms with Crippen molar-refractivity contribution in [3.63, 3.8) is 0 Å². The third kappa shape index (κ3) is 4.62. The summed E-state index contributed by atoms with van der Waals surface area (Å²) in [6.45, 7) is 6.10. The second-order valence-electron chi connectivity index (χ2n) is 5.34. The van der Waals surface area contributed by atoms with E-state index in [0.717, 1.165) is 28.2 Å². The molecule has 126 valence electrons. The summed E-state index contributed by atoms with van der Waals surface area (Å²) in [5.41, 5.74) is 3.00. The highest BCUT2D eigenvalue weighted by Crippen LogP contribution is 2.29. The standard InChI is InChI=1S/C20H22O4/c1-5-23-20(21)11-8-16-7-10-17(12-15(16)3)24-18-9-6-14(2)19(13-18)22-4/h6-13H,5H2,1-4H3. The number of benzene rings is 2. The molecular weight excluding hydrogens is 304 g/mol. The Balaban J connectivity index is 2.13. The summed E-state index contributed by atoms with van der Waals surface area (Å²) in [4.78, 5) is 11.4. The number of ether oxygens (including phenoxy) is 3. The number of methoxy groups -OCH3 is 1. The maximum Gasteiger partial charge on any atom is 0.330 e. The third-order valence-electron chi connectivity index (χ3n) is 3.54. The molecule has 4 heteroatoms. The van der Waals surface area contributed by atoms with Crippen LogP contribution in [0.2, 0.25) is 0 Å². The van der Waals surface area contributed by atoms with E-state index < -0.39 is 0 Å². The van der Waals surface area contributed by atoms with Crippen LogP contribution in [0.15, 0.2) is 42.5 Å². The number of carbonyl (C=O) groups excluding carboxylic acids is 1. The van der Waals surface area contributed by atoms with Crippen LogP contribution in [-0.4, -0.2) is 19.7 Å². The monoisotopic (exact) mass is 326 g/mol. The van der Waals surface area contributed by atoms with Crippen molar-refractivity contribution in [3.05, 3.63) is 59.2 Å². The first-order valence-electron chi connectivity index (χ1n) is 7.81. The highest BCUT2D eigenvalue weighted by Gasteiger charge is 2.04. The highest BCUT2D eigenvalue weighted by molar-refractivity contribution is 5.87. The average Bonchev–Trinajstić information content (AvgIpc) is 2.56. The van der Waals surface area contributed by atoms with Crippen LogP contribution >= 0.6 is 0 Å². The molecule has 0 aliphatic heterocycles. The normalized spacial score (nSPS) is 10.7. The van der Waals surface area contributed by atoms with E-state index in [2.05, 4.69) is 0 Å². The van der Waals surface area contributed by atoms with Gasteiger partial charge >= 0.3 is 5.97 Å². The Morgan fingerprint density at radius 2 is 1.75 bits per heavy atom. The fraction of sp³-hybridized carbons (Fsp3) is 0.250. The van der Waals surface area contributed by atoms with Crippen molar-refractivity contribution in [2.75, 3.05) is 13.7 Å². The van der Waals surface area contributed by atoms with E-state index in [1.807, 2.05) is 50.2 Å². The van der Waals surface area contributed by atoms with Crippen molar-refractivity contribution in [1.29, 1.82) is 0 Å². The Labute approximate surface area is 142 Å². The molecule has 4 nitrogen and oxygen atoms in total. The first kappa shape index (κ1) is 17.6. The lowest BCUT2D eigenvalue weighted by atomic mass is 10.1. The average molecular weight is 326 g/mol. The summed E-state index contributed by atoms with van der Waals surface area (Å²) in [6, 6.07) is 11.4. The molecule has 0 atom stereocenters. The minimum Gasteiger partial charge on any atom is -0.496 e. The van der Waals surface area contributed by atoms with Crippen LogP contribution in [0.1, 0.15) is 23.6 Å². The smallest absolute Gasteiger partial charge is 0.330 e. The molecular formula is C20H22O4. The van der Waals surface area contributed by atoms with E-state index in [-0.39, 0.29) is 5.97 Å². The maximum atomic E-state index is 11.4. The second kappa shape index (κ2) is 8.20. The van der Waals surface area contributed by atoms with Crippen LogP contribution in [0, 0.1) is 13.8 Å². The summed E-state index contributed by atoms with van der Waals surface area (Å²) in [5, 5.41) is 0. The van der Waals surface area contributed by atoms with Gasteiger partial charge in [0.25, 0.3) is 0 Å². The van der Waals surface area contributed by atoms with Gasteiger partial charge in [0.15, 0.2) is 0 Å². The Morgan fingerprint density at radius 3 is 2.42 bits per heavy atom. The first-order valence-corrected chi connectivity index (χ1v) is 7.81. The zero-order chi connectivity index (χ0) is 17.5. The van der Waals surface area contributed by atoms with Crippen molar-refractivity contribution in [2.45, 2.75) is 20.8 Å². The predicted molar refractivity (Wildman–Crippen MR) is 94.7 cm³/mol. The lowest BCUT2D eigenvalue weighted by Gasteiger charge is -2.10. The van der Waals surface area contributed by atoms with Gasteiger partial charge in [-0.3, -0.25) is 0 Å². The molecule has 0 aliphatic rings. The number of hydrogen-bond donors (Lipinski definition) is 0. The summed E-state index contributed by atoms with van der Waals surface area (Å²) < 4.78 is 16.1. The highest BCUT2D eigenvalue weighted by atomic mass is 16.5. The van der Waals surface area contributed by atoms with Gasteiger partial charge in [0.2, 0.25) is 0 Å². The van der Waals surface area contributed by atoms with E-state index in [9.17, 15) is 4.79 Å². The molecule has 0 N–H and O–H groups in total.